The molecule has 0 bridgehead atoms. The van der Waals surface area contributed by atoms with E-state index in [1.54, 1.807) is 41.5 Å². The molecule has 3 rings (SSSR count). The number of rotatable bonds is 1. The number of halogens is 1. The van der Waals surface area contributed by atoms with Gasteiger partial charge in [-0.05, 0) is 66.5 Å². The van der Waals surface area contributed by atoms with Gasteiger partial charge in [0.05, 0.1) is 15.0 Å². The third kappa shape index (κ3) is 3.66. The van der Waals surface area contributed by atoms with Crippen molar-refractivity contribution >= 4 is 27.5 Å². The number of amides is 1. The molecule has 0 aliphatic carbocycles. The molecule has 0 aromatic carbocycles. The molecule has 3 atom stereocenters. The zero-order valence-corrected chi connectivity index (χ0v) is 19.1. The van der Waals surface area contributed by atoms with Crippen LogP contribution in [0.25, 0.3) is 0 Å². The maximum Gasteiger partial charge on any atom is 0.413 e. The number of aliphatic imine (C=N–C) groups is 1. The van der Waals surface area contributed by atoms with Gasteiger partial charge in [-0.25, -0.2) is 22.7 Å². The number of nitrogen functional groups attached to an aromatic ring is 1. The number of pyridine rings is 1. The Morgan fingerprint density at radius 3 is 2.63 bits per heavy atom. The van der Waals surface area contributed by atoms with Crippen molar-refractivity contribution in [3.63, 3.8) is 0 Å². The largest absolute Gasteiger partial charge is 0.444 e. The van der Waals surface area contributed by atoms with Gasteiger partial charge in [-0.2, -0.15) is 0 Å². The topological polar surface area (TPSA) is 119 Å². The van der Waals surface area contributed by atoms with E-state index in [9.17, 15) is 13.4 Å². The van der Waals surface area contributed by atoms with Crippen LogP contribution >= 0.6 is 0 Å². The summed E-state index contributed by atoms with van der Waals surface area (Å²) in [7, 11) is -2.96. The van der Waals surface area contributed by atoms with Crippen LogP contribution < -0.4 is 11.1 Å². The van der Waals surface area contributed by atoms with Crippen molar-refractivity contribution < 1.29 is 18.1 Å². The fourth-order valence-electron chi connectivity index (χ4n) is 4.01. The Morgan fingerprint density at radius 1 is 1.33 bits per heavy atom. The second kappa shape index (κ2) is 7.18. The van der Waals surface area contributed by atoms with E-state index in [0.717, 1.165) is 0 Å². The Hall–Kier alpha value is -2.23. The summed E-state index contributed by atoms with van der Waals surface area (Å²) in [6, 6.07) is 2.59. The third-order valence-electron chi connectivity index (χ3n) is 5.53. The minimum Gasteiger partial charge on any atom is -0.444 e. The molecule has 0 saturated heterocycles. The highest BCUT2D eigenvalue weighted by atomic mass is 32.2. The molecule has 3 N–H and O–H groups in total. The number of alkyl carbamates (subject to hydrolysis) is 1. The van der Waals surface area contributed by atoms with Crippen molar-refractivity contribution in [2.24, 2.45) is 9.36 Å². The van der Waals surface area contributed by atoms with Gasteiger partial charge in [0.25, 0.3) is 0 Å². The number of aromatic nitrogens is 1. The number of carbonyl (C=O) groups excluding carboxylic acids is 1. The van der Waals surface area contributed by atoms with Gasteiger partial charge in [-0.3, -0.25) is 10.3 Å². The van der Waals surface area contributed by atoms with Gasteiger partial charge < -0.3 is 10.5 Å². The second-order valence-electron chi connectivity index (χ2n) is 9.36. The highest BCUT2D eigenvalue weighted by Crippen LogP contribution is 2.47. The number of hydrogen-bond donors (Lipinski definition) is 2. The van der Waals surface area contributed by atoms with Gasteiger partial charge >= 0.3 is 6.09 Å². The van der Waals surface area contributed by atoms with Crippen LogP contribution in [0.3, 0.4) is 0 Å². The van der Waals surface area contributed by atoms with Gasteiger partial charge in [0, 0.05) is 6.54 Å². The summed E-state index contributed by atoms with van der Waals surface area (Å²) in [5.41, 5.74) is 3.77. The number of carbonyl (C=O) groups is 1. The Morgan fingerprint density at radius 2 is 2.00 bits per heavy atom. The van der Waals surface area contributed by atoms with E-state index in [1.165, 1.54) is 12.1 Å². The summed E-state index contributed by atoms with van der Waals surface area (Å²) in [6.07, 6.45) is 0.526. The van der Waals surface area contributed by atoms with Crippen LogP contribution in [0.2, 0.25) is 0 Å². The van der Waals surface area contributed by atoms with Crippen LogP contribution in [-0.2, 0) is 20.0 Å². The van der Waals surface area contributed by atoms with E-state index in [1.807, 2.05) is 0 Å². The van der Waals surface area contributed by atoms with E-state index in [0.29, 0.717) is 19.4 Å². The average Bonchev–Trinajstić information content (AvgIpc) is 2.60. The zero-order valence-electron chi connectivity index (χ0n) is 18.3. The number of amidine groups is 1. The molecule has 30 heavy (non-hydrogen) atoms. The van der Waals surface area contributed by atoms with E-state index in [-0.39, 0.29) is 17.3 Å². The molecule has 1 aromatic heterocycles. The van der Waals surface area contributed by atoms with E-state index in [4.69, 9.17) is 15.5 Å². The van der Waals surface area contributed by atoms with Crippen molar-refractivity contribution in [3.8, 4) is 0 Å². The normalized spacial score (nSPS) is 30.5. The quantitative estimate of drug-likeness (QED) is 0.695. The van der Waals surface area contributed by atoms with E-state index < -0.39 is 42.8 Å². The predicted molar refractivity (Wildman–Crippen MR) is 115 cm³/mol. The molecule has 10 heteroatoms. The first-order valence-corrected chi connectivity index (χ1v) is 11.5. The molecule has 0 spiro atoms. The molecule has 0 unspecified atom stereocenters. The van der Waals surface area contributed by atoms with Crippen molar-refractivity contribution in [2.75, 3.05) is 12.3 Å². The van der Waals surface area contributed by atoms with Gasteiger partial charge in [0.1, 0.15) is 39.1 Å². The lowest BCUT2D eigenvalue weighted by atomic mass is 9.89. The monoisotopic (exact) mass is 439 g/mol. The van der Waals surface area contributed by atoms with Crippen molar-refractivity contribution in [3.05, 3.63) is 23.6 Å². The minimum absolute atomic E-state index is 0.00341. The van der Waals surface area contributed by atoms with Gasteiger partial charge in [0.2, 0.25) is 0 Å². The first kappa shape index (κ1) is 22.5. The highest BCUT2D eigenvalue weighted by molar-refractivity contribution is 7.96. The number of ether oxygens (including phenoxy) is 1. The lowest BCUT2D eigenvalue weighted by Gasteiger charge is -2.48. The summed E-state index contributed by atoms with van der Waals surface area (Å²) in [6.45, 7) is 10.8. The Balaban J connectivity index is 2.22. The number of nitrogens with one attached hydrogen (secondary N) is 1. The number of anilines is 1. The van der Waals surface area contributed by atoms with Crippen LogP contribution in [-0.4, -0.2) is 43.3 Å². The molecule has 0 saturated carbocycles. The number of nitrogens with two attached hydrogens (primary N) is 1. The molecular formula is C20H30FN5O3S. The number of nitrogens with zero attached hydrogens (tertiary/aromatic N) is 3. The smallest absolute Gasteiger partial charge is 0.413 e. The lowest BCUT2D eigenvalue weighted by molar-refractivity contribution is 0.0560. The fourth-order valence-corrected chi connectivity index (χ4v) is 7.27. The maximum atomic E-state index is 14.9. The van der Waals surface area contributed by atoms with Crippen molar-refractivity contribution in [1.82, 2.24) is 10.3 Å². The van der Waals surface area contributed by atoms with Crippen LogP contribution in [0.4, 0.5) is 15.0 Å². The number of fused-ring (bicyclic) bond motifs is 1. The summed E-state index contributed by atoms with van der Waals surface area (Å²) in [5, 5.41) is 2.07. The van der Waals surface area contributed by atoms with Gasteiger partial charge in [-0.1, -0.05) is 0 Å². The number of hydrogen-bond acceptors (Lipinski definition) is 7. The van der Waals surface area contributed by atoms with Gasteiger partial charge in [-0.15, -0.1) is 0 Å². The highest BCUT2D eigenvalue weighted by Gasteiger charge is 2.57. The van der Waals surface area contributed by atoms with Gasteiger partial charge in [0.15, 0.2) is 0 Å². The van der Waals surface area contributed by atoms with Crippen LogP contribution in [0.5, 0.6) is 0 Å². The van der Waals surface area contributed by atoms with Crippen molar-refractivity contribution in [1.29, 1.82) is 0 Å². The summed E-state index contributed by atoms with van der Waals surface area (Å²) in [5.74, 6) is -0.331. The zero-order chi connectivity index (χ0) is 22.5. The maximum absolute atomic E-state index is 14.9. The fraction of sp³-hybridized carbons (Fsp3) is 0.650. The Labute approximate surface area is 177 Å². The van der Waals surface area contributed by atoms with E-state index >= 15 is 0 Å². The first-order chi connectivity index (χ1) is 13.7. The first-order valence-electron chi connectivity index (χ1n) is 9.95. The van der Waals surface area contributed by atoms with Crippen molar-refractivity contribution in [2.45, 2.75) is 75.5 Å². The van der Waals surface area contributed by atoms with E-state index in [2.05, 4.69) is 14.7 Å². The second-order valence-corrected chi connectivity index (χ2v) is 12.3. The molecule has 1 amide bonds. The molecule has 166 valence electrons. The van der Waals surface area contributed by atoms with Crippen LogP contribution in [0.1, 0.15) is 60.1 Å². The molecule has 2 aliphatic heterocycles. The Kier molecular flexibility index (Phi) is 5.37. The Bertz CT molecular complexity index is 1020. The average molecular weight is 440 g/mol. The van der Waals surface area contributed by atoms with Crippen LogP contribution in [0, 0.1) is 5.82 Å². The molecule has 2 aliphatic rings. The molecule has 0 radical (unpaired) electrons. The molecule has 8 nitrogen and oxygen atoms in total. The summed E-state index contributed by atoms with van der Waals surface area (Å²) >= 11 is 0. The molecule has 1 aromatic rings. The third-order valence-corrected chi connectivity index (χ3v) is 9.22. The predicted octanol–water partition coefficient (Wildman–Crippen LogP) is 3.36. The summed E-state index contributed by atoms with van der Waals surface area (Å²) < 4.78 is 37.9. The minimum atomic E-state index is -2.96. The van der Waals surface area contributed by atoms with Crippen LogP contribution in [0.15, 0.2) is 21.5 Å². The summed E-state index contributed by atoms with van der Waals surface area (Å²) in [4.78, 5) is 21.4. The molecular weight excluding hydrogens is 409 g/mol. The standard InChI is InChI=1S/C20H30FN5O3S/c1-18(2,3)29-17(27)25-16-19(4,5)30(28)13(8-7-11-23-30)20(6,26-16)15-12(21)9-10-14(22)24-15/h9-10,13H,7-8,11H2,1-6H3,(H2,22,24)(H,25,26,27)/t13-,20-,30+/m0/s1. The SMILES string of the molecule is CC(C)(C)OC(=O)NC1=N[C@](C)(c2nc(N)ccc2F)[C@@H]2CCCN=[S@]2(=O)C1(C)C. The molecule has 3 heterocycles. The lowest BCUT2D eigenvalue weighted by Crippen LogP contribution is -2.62. The molecule has 0 fully saturated rings.